The molecule has 2 heterocycles. The van der Waals surface area contributed by atoms with Crippen LogP contribution in [-0.4, -0.2) is 43.2 Å². The fourth-order valence-corrected chi connectivity index (χ4v) is 3.98. The van der Waals surface area contributed by atoms with Gasteiger partial charge in [-0.15, -0.1) is 0 Å². The quantitative estimate of drug-likeness (QED) is 0.671. The maximum atomic E-state index is 12.6. The zero-order valence-corrected chi connectivity index (χ0v) is 15.6. The van der Waals surface area contributed by atoms with Crippen LogP contribution in [0.3, 0.4) is 0 Å². The highest BCUT2D eigenvalue weighted by atomic mass is 32.2. The number of carbonyl (C=O) groups excluding carboxylic acids is 1. The predicted molar refractivity (Wildman–Crippen MR) is 97.2 cm³/mol. The molecule has 3 rings (SSSR count). The van der Waals surface area contributed by atoms with Crippen molar-refractivity contribution in [2.45, 2.75) is 30.8 Å². The first kappa shape index (κ1) is 18.6. The van der Waals surface area contributed by atoms with Gasteiger partial charge in [-0.2, -0.15) is 5.10 Å². The van der Waals surface area contributed by atoms with E-state index in [2.05, 4.69) is 20.5 Å². The van der Waals surface area contributed by atoms with E-state index in [4.69, 9.17) is 0 Å². The van der Waals surface area contributed by atoms with Crippen LogP contribution in [0, 0.1) is 6.92 Å². The van der Waals surface area contributed by atoms with Crippen molar-refractivity contribution in [3.05, 3.63) is 47.3 Å². The molecular formula is C17H23N5O3S. The molecule has 26 heavy (non-hydrogen) atoms. The summed E-state index contributed by atoms with van der Waals surface area (Å²) in [5.74, 6) is -0.266. The molecule has 1 unspecified atom stereocenters. The van der Waals surface area contributed by atoms with Crippen molar-refractivity contribution in [1.82, 2.24) is 25.1 Å². The number of benzene rings is 1. The van der Waals surface area contributed by atoms with Crippen molar-refractivity contribution in [2.24, 2.45) is 7.05 Å². The number of amides is 1. The van der Waals surface area contributed by atoms with E-state index < -0.39 is 10.0 Å². The Balaban J connectivity index is 1.71. The van der Waals surface area contributed by atoms with Gasteiger partial charge >= 0.3 is 0 Å². The summed E-state index contributed by atoms with van der Waals surface area (Å²) in [5.41, 5.74) is 1.91. The van der Waals surface area contributed by atoms with E-state index in [1.807, 2.05) is 13.0 Å². The molecule has 0 radical (unpaired) electrons. The van der Waals surface area contributed by atoms with Gasteiger partial charge in [0.05, 0.1) is 22.8 Å². The summed E-state index contributed by atoms with van der Waals surface area (Å²) in [6.07, 6.45) is 0.870. The van der Waals surface area contributed by atoms with Crippen molar-refractivity contribution < 1.29 is 13.2 Å². The monoisotopic (exact) mass is 377 g/mol. The van der Waals surface area contributed by atoms with Crippen LogP contribution in [0.15, 0.2) is 35.2 Å². The highest BCUT2D eigenvalue weighted by Crippen LogP contribution is 2.13. The van der Waals surface area contributed by atoms with Gasteiger partial charge in [0.2, 0.25) is 10.0 Å². The molecule has 1 aromatic carbocycles. The smallest absolute Gasteiger partial charge is 0.251 e. The molecule has 3 N–H and O–H groups in total. The number of carbonyl (C=O) groups is 1. The molecule has 1 amide bonds. The number of aromatic nitrogens is 2. The Morgan fingerprint density at radius 2 is 2.19 bits per heavy atom. The molecule has 1 fully saturated rings. The number of nitrogens with zero attached hydrogens (tertiary/aromatic N) is 2. The van der Waals surface area contributed by atoms with Crippen LogP contribution in [0.5, 0.6) is 0 Å². The SMILES string of the molecule is Cc1cc(CNS(=O)(=O)c2cccc(C(=O)NC3CCNC3)c2)n(C)n1. The number of sulfonamides is 1. The third-order valence-electron chi connectivity index (χ3n) is 4.34. The van der Waals surface area contributed by atoms with Crippen LogP contribution in [0.1, 0.15) is 28.2 Å². The Labute approximate surface area is 153 Å². The molecule has 8 nitrogen and oxygen atoms in total. The van der Waals surface area contributed by atoms with Crippen LogP contribution < -0.4 is 15.4 Å². The van der Waals surface area contributed by atoms with Crippen molar-refractivity contribution >= 4 is 15.9 Å². The molecule has 1 aliphatic rings. The minimum Gasteiger partial charge on any atom is -0.348 e. The van der Waals surface area contributed by atoms with E-state index in [-0.39, 0.29) is 23.4 Å². The van der Waals surface area contributed by atoms with Crippen LogP contribution in [0.25, 0.3) is 0 Å². The van der Waals surface area contributed by atoms with Gasteiger partial charge in [-0.3, -0.25) is 9.48 Å². The van der Waals surface area contributed by atoms with Crippen LogP contribution in [-0.2, 0) is 23.6 Å². The Morgan fingerprint density at radius 3 is 2.85 bits per heavy atom. The van der Waals surface area contributed by atoms with Crippen LogP contribution in [0.4, 0.5) is 0 Å². The second-order valence-electron chi connectivity index (χ2n) is 6.42. The molecule has 140 valence electrons. The maximum absolute atomic E-state index is 12.6. The number of rotatable bonds is 6. The normalized spacial score (nSPS) is 17.4. The van der Waals surface area contributed by atoms with E-state index in [1.54, 1.807) is 23.9 Å². The van der Waals surface area contributed by atoms with Gasteiger partial charge in [0.1, 0.15) is 0 Å². The number of aryl methyl sites for hydroxylation is 2. The molecule has 0 aliphatic carbocycles. The molecular weight excluding hydrogens is 354 g/mol. The third kappa shape index (κ3) is 4.29. The minimum absolute atomic E-state index is 0.0635. The first-order valence-corrected chi connectivity index (χ1v) is 9.94. The first-order chi connectivity index (χ1) is 12.3. The Bertz CT molecular complexity index is 901. The average molecular weight is 377 g/mol. The van der Waals surface area contributed by atoms with Gasteiger partial charge in [0, 0.05) is 25.2 Å². The third-order valence-corrected chi connectivity index (χ3v) is 5.74. The van der Waals surface area contributed by atoms with Crippen molar-refractivity contribution in [3.8, 4) is 0 Å². The second kappa shape index (κ2) is 7.56. The van der Waals surface area contributed by atoms with E-state index in [9.17, 15) is 13.2 Å². The summed E-state index contributed by atoms with van der Waals surface area (Å²) in [6, 6.07) is 7.96. The van der Waals surface area contributed by atoms with Gasteiger partial charge in [0.25, 0.3) is 5.91 Å². The van der Waals surface area contributed by atoms with E-state index >= 15 is 0 Å². The summed E-state index contributed by atoms with van der Waals surface area (Å²) >= 11 is 0. The molecule has 1 aliphatic heterocycles. The number of hydrogen-bond donors (Lipinski definition) is 3. The summed E-state index contributed by atoms with van der Waals surface area (Å²) in [4.78, 5) is 12.4. The van der Waals surface area contributed by atoms with Crippen LogP contribution in [0.2, 0.25) is 0 Å². The summed E-state index contributed by atoms with van der Waals surface area (Å²) in [6.45, 7) is 3.58. The first-order valence-electron chi connectivity index (χ1n) is 8.46. The average Bonchev–Trinajstić information content (AvgIpc) is 3.22. The van der Waals surface area contributed by atoms with Crippen LogP contribution >= 0.6 is 0 Å². The minimum atomic E-state index is -3.73. The van der Waals surface area contributed by atoms with Crippen molar-refractivity contribution in [2.75, 3.05) is 13.1 Å². The molecule has 0 saturated carbocycles. The molecule has 2 aromatic rings. The highest BCUT2D eigenvalue weighted by Gasteiger charge is 2.20. The second-order valence-corrected chi connectivity index (χ2v) is 8.18. The van der Waals surface area contributed by atoms with E-state index in [0.717, 1.165) is 30.9 Å². The Kier molecular flexibility index (Phi) is 5.40. The van der Waals surface area contributed by atoms with Gasteiger partial charge in [0.15, 0.2) is 0 Å². The molecule has 0 bridgehead atoms. The molecule has 1 atom stereocenters. The summed E-state index contributed by atoms with van der Waals surface area (Å²) in [7, 11) is -1.97. The molecule has 0 spiro atoms. The topological polar surface area (TPSA) is 105 Å². The van der Waals surface area contributed by atoms with Crippen molar-refractivity contribution in [1.29, 1.82) is 0 Å². The van der Waals surface area contributed by atoms with Gasteiger partial charge < -0.3 is 10.6 Å². The van der Waals surface area contributed by atoms with Gasteiger partial charge in [-0.25, -0.2) is 13.1 Å². The fraction of sp³-hybridized carbons (Fsp3) is 0.412. The molecule has 9 heteroatoms. The zero-order chi connectivity index (χ0) is 18.7. The lowest BCUT2D eigenvalue weighted by Crippen LogP contribution is -2.36. The lowest BCUT2D eigenvalue weighted by molar-refractivity contribution is 0.0940. The summed E-state index contributed by atoms with van der Waals surface area (Å²) in [5, 5.41) is 10.3. The van der Waals surface area contributed by atoms with Gasteiger partial charge in [-0.05, 0) is 44.2 Å². The molecule has 1 aromatic heterocycles. The molecule has 1 saturated heterocycles. The number of nitrogens with one attached hydrogen (secondary N) is 3. The standard InChI is InChI=1S/C17H23N5O3S/c1-12-8-15(22(2)21-12)11-19-26(24,25)16-5-3-4-13(9-16)17(23)20-14-6-7-18-10-14/h3-5,8-9,14,18-19H,6-7,10-11H2,1-2H3,(H,20,23). The van der Waals surface area contributed by atoms with Crippen molar-refractivity contribution in [3.63, 3.8) is 0 Å². The summed E-state index contributed by atoms with van der Waals surface area (Å²) < 4.78 is 29.3. The Morgan fingerprint density at radius 1 is 1.38 bits per heavy atom. The van der Waals surface area contributed by atoms with E-state index in [1.165, 1.54) is 12.1 Å². The predicted octanol–water partition coefficient (Wildman–Crippen LogP) is 0.299. The van der Waals surface area contributed by atoms with E-state index in [0.29, 0.717) is 5.56 Å². The lowest BCUT2D eigenvalue weighted by atomic mass is 10.2. The zero-order valence-electron chi connectivity index (χ0n) is 14.8. The maximum Gasteiger partial charge on any atom is 0.251 e. The highest BCUT2D eigenvalue weighted by molar-refractivity contribution is 7.89. The fourth-order valence-electron chi connectivity index (χ4n) is 2.93. The lowest BCUT2D eigenvalue weighted by Gasteiger charge is -2.12. The number of hydrogen-bond acceptors (Lipinski definition) is 5. The Hall–Kier alpha value is -2.23. The largest absolute Gasteiger partial charge is 0.348 e. The van der Waals surface area contributed by atoms with Gasteiger partial charge in [-0.1, -0.05) is 6.07 Å².